The van der Waals surface area contributed by atoms with Crippen LogP contribution in [0.5, 0.6) is 0 Å². The molecular weight excluding hydrogens is 270 g/mol. The molecule has 4 heteroatoms. The highest BCUT2D eigenvalue weighted by atomic mass is 32.2. The molecule has 0 spiro atoms. The van der Waals surface area contributed by atoms with Crippen LogP contribution in [0.4, 0.5) is 4.79 Å². The van der Waals surface area contributed by atoms with Crippen LogP contribution >= 0.6 is 11.8 Å². The van der Waals surface area contributed by atoms with Crippen LogP contribution in [0.1, 0.15) is 5.56 Å². The molecule has 1 aliphatic rings. The summed E-state index contributed by atoms with van der Waals surface area (Å²) in [7, 11) is 0. The summed E-state index contributed by atoms with van der Waals surface area (Å²) in [4.78, 5) is 24.4. The molecule has 1 saturated heterocycles. The summed E-state index contributed by atoms with van der Waals surface area (Å²) in [5.41, 5.74) is 3.25. The number of thioether (sulfide) groups is 1. The fraction of sp³-hybridized carbons (Fsp3) is 0.125. The lowest BCUT2D eigenvalue weighted by molar-refractivity contribution is -0.125. The van der Waals surface area contributed by atoms with E-state index < -0.39 is 0 Å². The first-order valence-electron chi connectivity index (χ1n) is 6.35. The molecule has 1 heterocycles. The maximum absolute atomic E-state index is 11.6. The SMILES string of the molecule is O=C1CSC(=O)N1Cc1ccc(-c2ccccc2)cc1. The van der Waals surface area contributed by atoms with Gasteiger partial charge in [-0.1, -0.05) is 66.4 Å². The Hall–Kier alpha value is -2.07. The second-order valence-corrected chi connectivity index (χ2v) is 5.52. The number of nitrogens with zero attached hydrogens (tertiary/aromatic N) is 1. The highest BCUT2D eigenvalue weighted by molar-refractivity contribution is 8.14. The van der Waals surface area contributed by atoms with Crippen LogP contribution in [-0.4, -0.2) is 21.8 Å². The molecule has 0 N–H and O–H groups in total. The lowest BCUT2D eigenvalue weighted by Gasteiger charge is -2.13. The minimum Gasteiger partial charge on any atom is -0.273 e. The van der Waals surface area contributed by atoms with Crippen molar-refractivity contribution < 1.29 is 9.59 Å². The van der Waals surface area contributed by atoms with Crippen molar-refractivity contribution in [3.05, 3.63) is 60.2 Å². The lowest BCUT2D eigenvalue weighted by atomic mass is 10.0. The molecule has 0 unspecified atom stereocenters. The first kappa shape index (κ1) is 12.9. The van der Waals surface area contributed by atoms with Crippen molar-refractivity contribution in [2.24, 2.45) is 0 Å². The zero-order chi connectivity index (χ0) is 13.9. The third kappa shape index (κ3) is 2.60. The van der Waals surface area contributed by atoms with Gasteiger partial charge in [0.05, 0.1) is 12.3 Å². The van der Waals surface area contributed by atoms with Gasteiger partial charge in [0, 0.05) is 0 Å². The highest BCUT2D eigenvalue weighted by Gasteiger charge is 2.29. The third-order valence-corrected chi connectivity index (χ3v) is 4.10. The van der Waals surface area contributed by atoms with Crippen LogP contribution in [0.2, 0.25) is 0 Å². The summed E-state index contributed by atoms with van der Waals surface area (Å²) >= 11 is 1.07. The molecule has 0 aliphatic carbocycles. The molecule has 0 saturated carbocycles. The Morgan fingerprint density at radius 2 is 1.55 bits per heavy atom. The molecule has 2 amide bonds. The van der Waals surface area contributed by atoms with Crippen molar-refractivity contribution >= 4 is 22.9 Å². The van der Waals surface area contributed by atoms with Gasteiger partial charge >= 0.3 is 0 Å². The van der Waals surface area contributed by atoms with E-state index in [-0.39, 0.29) is 16.9 Å². The third-order valence-electron chi connectivity index (χ3n) is 3.24. The molecular formula is C16H13NO2S. The Kier molecular flexibility index (Phi) is 3.56. The van der Waals surface area contributed by atoms with Crippen molar-refractivity contribution in [3.63, 3.8) is 0 Å². The number of amides is 2. The number of rotatable bonds is 3. The maximum Gasteiger partial charge on any atom is 0.289 e. The van der Waals surface area contributed by atoms with Crippen LogP contribution in [0.15, 0.2) is 54.6 Å². The van der Waals surface area contributed by atoms with Crippen molar-refractivity contribution in [2.45, 2.75) is 6.54 Å². The smallest absolute Gasteiger partial charge is 0.273 e. The zero-order valence-corrected chi connectivity index (χ0v) is 11.6. The summed E-state index contributed by atoms with van der Waals surface area (Å²) in [6.07, 6.45) is 0. The molecule has 2 aromatic carbocycles. The minimum atomic E-state index is -0.151. The molecule has 100 valence electrons. The predicted molar refractivity (Wildman–Crippen MR) is 80.3 cm³/mol. The topological polar surface area (TPSA) is 37.4 Å². The Labute approximate surface area is 121 Å². The van der Waals surface area contributed by atoms with E-state index in [4.69, 9.17) is 0 Å². The molecule has 0 radical (unpaired) electrons. The summed E-state index contributed by atoms with van der Waals surface area (Å²) in [6, 6.07) is 18.1. The second-order valence-electron chi connectivity index (χ2n) is 4.60. The molecule has 3 nitrogen and oxygen atoms in total. The maximum atomic E-state index is 11.6. The molecule has 3 rings (SSSR count). The summed E-state index contributed by atoms with van der Waals surface area (Å²) in [5.74, 6) is 0.160. The monoisotopic (exact) mass is 283 g/mol. The van der Waals surface area contributed by atoms with Gasteiger partial charge < -0.3 is 0 Å². The van der Waals surface area contributed by atoms with Crippen LogP contribution < -0.4 is 0 Å². The van der Waals surface area contributed by atoms with Gasteiger partial charge in [-0.2, -0.15) is 0 Å². The van der Waals surface area contributed by atoms with Gasteiger partial charge in [-0.3, -0.25) is 14.5 Å². The molecule has 1 fully saturated rings. The number of hydrogen-bond donors (Lipinski definition) is 0. The number of carbonyl (C=O) groups excluding carboxylic acids is 2. The Balaban J connectivity index is 1.77. The van der Waals surface area contributed by atoms with Gasteiger partial charge in [0.25, 0.3) is 5.24 Å². The van der Waals surface area contributed by atoms with Crippen LogP contribution in [0.25, 0.3) is 11.1 Å². The fourth-order valence-electron chi connectivity index (χ4n) is 2.15. The van der Waals surface area contributed by atoms with E-state index in [2.05, 4.69) is 12.1 Å². The van der Waals surface area contributed by atoms with Gasteiger partial charge in [0.2, 0.25) is 5.91 Å². The van der Waals surface area contributed by atoms with Crippen molar-refractivity contribution in [2.75, 3.05) is 5.75 Å². The van der Waals surface area contributed by atoms with E-state index in [0.717, 1.165) is 28.5 Å². The number of benzene rings is 2. The molecule has 20 heavy (non-hydrogen) atoms. The van der Waals surface area contributed by atoms with Crippen molar-refractivity contribution in [3.8, 4) is 11.1 Å². The van der Waals surface area contributed by atoms with Gasteiger partial charge in [0.15, 0.2) is 0 Å². The number of imide groups is 1. The quantitative estimate of drug-likeness (QED) is 0.864. The largest absolute Gasteiger partial charge is 0.289 e. The molecule has 2 aromatic rings. The summed E-state index contributed by atoms with van der Waals surface area (Å²) < 4.78 is 0. The van der Waals surface area contributed by atoms with E-state index in [1.807, 2.05) is 42.5 Å². The Bertz CT molecular complexity index is 621. The fourth-order valence-corrected chi connectivity index (χ4v) is 2.87. The van der Waals surface area contributed by atoms with E-state index in [1.165, 1.54) is 4.90 Å². The van der Waals surface area contributed by atoms with E-state index in [9.17, 15) is 9.59 Å². The standard InChI is InChI=1S/C16H13NO2S/c18-15-11-20-16(19)17(15)10-12-6-8-14(9-7-12)13-4-2-1-3-5-13/h1-9H,10-11H2. The minimum absolute atomic E-state index is 0.105. The average molecular weight is 283 g/mol. The highest BCUT2D eigenvalue weighted by Crippen LogP contribution is 2.23. The second kappa shape index (κ2) is 5.51. The normalized spacial score (nSPS) is 14.9. The van der Waals surface area contributed by atoms with Gasteiger partial charge in [-0.15, -0.1) is 0 Å². The molecule has 1 aliphatic heterocycles. The van der Waals surface area contributed by atoms with Crippen molar-refractivity contribution in [1.29, 1.82) is 0 Å². The molecule has 0 bridgehead atoms. The molecule has 0 aromatic heterocycles. The van der Waals surface area contributed by atoms with Crippen LogP contribution in [0, 0.1) is 0 Å². The first-order valence-corrected chi connectivity index (χ1v) is 7.34. The Morgan fingerprint density at radius 1 is 0.900 bits per heavy atom. The van der Waals surface area contributed by atoms with Gasteiger partial charge in [-0.05, 0) is 16.7 Å². The Morgan fingerprint density at radius 3 is 2.15 bits per heavy atom. The summed E-state index contributed by atoms with van der Waals surface area (Å²) in [6.45, 7) is 0.361. The number of hydrogen-bond acceptors (Lipinski definition) is 3. The zero-order valence-electron chi connectivity index (χ0n) is 10.8. The summed E-state index contributed by atoms with van der Waals surface area (Å²) in [5, 5.41) is -0.151. The molecule has 0 atom stereocenters. The van der Waals surface area contributed by atoms with Gasteiger partial charge in [-0.25, -0.2) is 0 Å². The van der Waals surface area contributed by atoms with E-state index in [0.29, 0.717) is 6.54 Å². The first-order chi connectivity index (χ1) is 9.74. The predicted octanol–water partition coefficient (Wildman–Crippen LogP) is 3.55. The average Bonchev–Trinajstić information content (AvgIpc) is 2.81. The number of carbonyl (C=O) groups is 2. The van der Waals surface area contributed by atoms with E-state index in [1.54, 1.807) is 0 Å². The van der Waals surface area contributed by atoms with Gasteiger partial charge in [0.1, 0.15) is 0 Å². The van der Waals surface area contributed by atoms with Crippen LogP contribution in [0.3, 0.4) is 0 Å². The van der Waals surface area contributed by atoms with E-state index >= 15 is 0 Å². The van der Waals surface area contributed by atoms with Crippen LogP contribution in [-0.2, 0) is 11.3 Å². The lowest BCUT2D eigenvalue weighted by Crippen LogP contribution is -2.27. The van der Waals surface area contributed by atoms with Crippen molar-refractivity contribution in [1.82, 2.24) is 4.90 Å².